The third-order valence-corrected chi connectivity index (χ3v) is 10.1. The molecule has 9 nitrogen and oxygen atoms in total. The Kier molecular flexibility index (Phi) is 11.6. The Hall–Kier alpha value is -5.62. The molecule has 2 aliphatic heterocycles. The van der Waals surface area contributed by atoms with Crippen LogP contribution in [0, 0.1) is 5.82 Å². The highest BCUT2D eigenvalue weighted by molar-refractivity contribution is 5.77. The summed E-state index contributed by atoms with van der Waals surface area (Å²) in [5, 5.41) is 1.89. The number of benzene rings is 5. The standard InChI is InChI=1S/C46H45FN4O5/c1-52-31-46(32-53-28-34-14-6-2-7-15-34)43(55-30-36-18-10-4-11-19-36)42(54-29-35-16-8-3-9-17-35)45(56-46)51-27-40(37-20-12-5-13-21-37)41-26-50(33-48-44(41)51)49-39-24-22-38(47)23-25-39/h2-25,27,33,42-43,45,49H,26,28-32H2,1H3/t42-,43+,45-,46-/m1/s1. The average molecular weight is 753 g/mol. The fourth-order valence-corrected chi connectivity index (χ4v) is 7.43. The van der Waals surface area contributed by atoms with E-state index in [2.05, 4.69) is 28.3 Å². The van der Waals surface area contributed by atoms with E-state index >= 15 is 0 Å². The summed E-state index contributed by atoms with van der Waals surface area (Å²) >= 11 is 0. The van der Waals surface area contributed by atoms with Crippen LogP contribution >= 0.6 is 0 Å². The second-order valence-corrected chi connectivity index (χ2v) is 14.1. The van der Waals surface area contributed by atoms with Crippen molar-refractivity contribution >= 4 is 17.8 Å². The summed E-state index contributed by atoms with van der Waals surface area (Å²) in [5.41, 5.74) is 9.16. The van der Waals surface area contributed by atoms with Crippen molar-refractivity contribution in [2.24, 2.45) is 4.99 Å². The summed E-state index contributed by atoms with van der Waals surface area (Å²) in [4.78, 5) is 5.03. The zero-order valence-electron chi connectivity index (χ0n) is 31.2. The molecule has 1 saturated heterocycles. The first-order valence-electron chi connectivity index (χ1n) is 18.8. The summed E-state index contributed by atoms with van der Waals surface area (Å²) in [7, 11) is 1.67. The second kappa shape index (κ2) is 17.5. The summed E-state index contributed by atoms with van der Waals surface area (Å²) in [6, 6.07) is 46.8. The first-order valence-corrected chi connectivity index (χ1v) is 18.8. The maximum Gasteiger partial charge on any atom is 0.165 e. The number of methoxy groups -OCH3 is 1. The fourth-order valence-electron chi connectivity index (χ4n) is 7.43. The van der Waals surface area contributed by atoms with Crippen molar-refractivity contribution in [3.8, 4) is 11.1 Å². The summed E-state index contributed by atoms with van der Waals surface area (Å²) in [6.45, 7) is 1.91. The molecule has 1 aromatic heterocycles. The van der Waals surface area contributed by atoms with Crippen molar-refractivity contribution in [2.45, 2.75) is 50.4 Å². The minimum atomic E-state index is -1.07. The summed E-state index contributed by atoms with van der Waals surface area (Å²) in [6.07, 6.45) is 1.94. The van der Waals surface area contributed by atoms with Crippen molar-refractivity contribution < 1.29 is 28.1 Å². The van der Waals surface area contributed by atoms with Crippen molar-refractivity contribution in [3.63, 3.8) is 0 Å². The molecule has 8 rings (SSSR count). The van der Waals surface area contributed by atoms with Gasteiger partial charge in [0.05, 0.1) is 45.3 Å². The van der Waals surface area contributed by atoms with Crippen LogP contribution in [-0.2, 0) is 50.0 Å². The van der Waals surface area contributed by atoms with Crippen LogP contribution in [0.5, 0.6) is 0 Å². The average Bonchev–Trinajstić information content (AvgIpc) is 3.76. The normalized spacial score (nSPS) is 20.2. The van der Waals surface area contributed by atoms with Crippen molar-refractivity contribution in [1.29, 1.82) is 0 Å². The van der Waals surface area contributed by atoms with E-state index in [1.807, 2.05) is 114 Å². The van der Waals surface area contributed by atoms with Gasteiger partial charge in [0.15, 0.2) is 6.23 Å². The lowest BCUT2D eigenvalue weighted by Gasteiger charge is -2.34. The van der Waals surface area contributed by atoms with Gasteiger partial charge in [0.1, 0.15) is 35.8 Å². The number of nitrogens with one attached hydrogen (secondary N) is 1. The maximum absolute atomic E-state index is 13.7. The molecule has 2 aliphatic rings. The molecule has 4 atom stereocenters. The van der Waals surface area contributed by atoms with E-state index in [0.29, 0.717) is 26.4 Å². The van der Waals surface area contributed by atoms with E-state index in [-0.39, 0.29) is 19.0 Å². The largest absolute Gasteiger partial charge is 0.381 e. The number of aliphatic imine (C=N–C) groups is 1. The predicted molar refractivity (Wildman–Crippen MR) is 214 cm³/mol. The fraction of sp³-hybridized carbons (Fsp3) is 0.239. The molecule has 0 spiro atoms. The number of ether oxygens (including phenoxy) is 5. The number of hydrogen-bond donors (Lipinski definition) is 1. The quantitative estimate of drug-likeness (QED) is 0.106. The van der Waals surface area contributed by atoms with E-state index in [1.165, 1.54) is 12.1 Å². The maximum atomic E-state index is 13.7. The Bertz CT molecular complexity index is 2170. The zero-order chi connectivity index (χ0) is 38.2. The lowest BCUT2D eigenvalue weighted by molar-refractivity contribution is -0.179. The van der Waals surface area contributed by atoms with E-state index in [4.69, 9.17) is 28.7 Å². The highest BCUT2D eigenvalue weighted by Gasteiger charge is 2.58. The number of rotatable bonds is 16. The van der Waals surface area contributed by atoms with Crippen LogP contribution in [0.2, 0.25) is 0 Å². The van der Waals surface area contributed by atoms with Crippen LogP contribution in [0.25, 0.3) is 11.1 Å². The molecule has 1 fully saturated rings. The molecule has 0 amide bonds. The van der Waals surface area contributed by atoms with E-state index in [1.54, 1.807) is 25.6 Å². The smallest absolute Gasteiger partial charge is 0.165 e. The van der Waals surface area contributed by atoms with Crippen LogP contribution in [0.15, 0.2) is 157 Å². The predicted octanol–water partition coefficient (Wildman–Crippen LogP) is 9.10. The molecular weight excluding hydrogens is 708 g/mol. The van der Waals surface area contributed by atoms with Crippen molar-refractivity contribution in [2.75, 3.05) is 25.7 Å². The molecule has 5 aromatic carbocycles. The molecule has 56 heavy (non-hydrogen) atoms. The molecule has 0 saturated carbocycles. The van der Waals surface area contributed by atoms with Crippen LogP contribution < -0.4 is 5.43 Å². The molecule has 3 heterocycles. The number of hydrogen-bond acceptors (Lipinski definition) is 8. The Morgan fingerprint density at radius 1 is 0.732 bits per heavy atom. The Morgan fingerprint density at radius 2 is 1.32 bits per heavy atom. The van der Waals surface area contributed by atoms with Crippen LogP contribution in [-0.4, -0.2) is 54.0 Å². The number of nitrogens with zero attached hydrogens (tertiary/aromatic N) is 3. The lowest BCUT2D eigenvalue weighted by atomic mass is 9.96. The van der Waals surface area contributed by atoms with Gasteiger partial charge in [0.25, 0.3) is 0 Å². The molecule has 0 aliphatic carbocycles. The Balaban J connectivity index is 1.20. The van der Waals surface area contributed by atoms with Crippen LogP contribution in [0.4, 0.5) is 15.9 Å². The van der Waals surface area contributed by atoms with Gasteiger partial charge in [-0.15, -0.1) is 0 Å². The Labute approximate surface area is 326 Å². The number of fused-ring (bicyclic) bond motifs is 1. The van der Waals surface area contributed by atoms with Gasteiger partial charge in [-0.1, -0.05) is 121 Å². The van der Waals surface area contributed by atoms with Gasteiger partial charge in [0, 0.05) is 24.4 Å². The van der Waals surface area contributed by atoms with E-state index in [0.717, 1.165) is 44.9 Å². The summed E-state index contributed by atoms with van der Waals surface area (Å²) < 4.78 is 49.4. The number of aromatic nitrogens is 1. The van der Waals surface area contributed by atoms with E-state index in [9.17, 15) is 4.39 Å². The van der Waals surface area contributed by atoms with Gasteiger partial charge in [0.2, 0.25) is 0 Å². The zero-order valence-corrected chi connectivity index (χ0v) is 31.2. The third-order valence-electron chi connectivity index (χ3n) is 10.1. The topological polar surface area (TPSA) is 78.7 Å². The molecule has 6 aromatic rings. The molecule has 286 valence electrons. The van der Waals surface area contributed by atoms with E-state index < -0.39 is 24.0 Å². The highest BCUT2D eigenvalue weighted by Crippen LogP contribution is 2.47. The number of halogens is 1. The molecule has 0 radical (unpaired) electrons. The molecule has 10 heteroatoms. The third kappa shape index (κ3) is 8.45. The molecule has 1 N–H and O–H groups in total. The van der Waals surface area contributed by atoms with Crippen molar-refractivity contribution in [1.82, 2.24) is 9.58 Å². The van der Waals surface area contributed by atoms with Crippen LogP contribution in [0.3, 0.4) is 0 Å². The number of hydrazine groups is 1. The van der Waals surface area contributed by atoms with Gasteiger partial charge in [-0.25, -0.2) is 9.38 Å². The minimum absolute atomic E-state index is 0.185. The minimum Gasteiger partial charge on any atom is -0.381 e. The van der Waals surface area contributed by atoms with Gasteiger partial charge in [-0.3, -0.25) is 10.4 Å². The lowest BCUT2D eigenvalue weighted by Crippen LogP contribution is -2.52. The van der Waals surface area contributed by atoms with Gasteiger partial charge >= 0.3 is 0 Å². The van der Waals surface area contributed by atoms with Gasteiger partial charge in [-0.05, 0) is 46.5 Å². The van der Waals surface area contributed by atoms with Gasteiger partial charge < -0.3 is 28.3 Å². The highest BCUT2D eigenvalue weighted by atomic mass is 19.1. The van der Waals surface area contributed by atoms with Crippen molar-refractivity contribution in [3.05, 3.63) is 180 Å². The first kappa shape index (κ1) is 37.3. The SMILES string of the molecule is COC[C@]1(COCc2ccccc2)O[C@@H](n2cc(-c3ccccc3)c3c2N=CN(Nc2ccc(F)cc2)C3)[C@H](OCc2ccccc2)[C@@H]1OCc1ccccc1. The first-order chi connectivity index (χ1) is 27.6. The monoisotopic (exact) mass is 752 g/mol. The number of anilines is 1. The van der Waals surface area contributed by atoms with Gasteiger partial charge in [-0.2, -0.15) is 0 Å². The van der Waals surface area contributed by atoms with Crippen LogP contribution in [0.1, 0.15) is 28.5 Å². The summed E-state index contributed by atoms with van der Waals surface area (Å²) in [5.74, 6) is 0.440. The Morgan fingerprint density at radius 3 is 1.95 bits per heavy atom. The molecule has 0 unspecified atom stereocenters. The second-order valence-electron chi connectivity index (χ2n) is 14.1. The molecule has 0 bridgehead atoms. The molecular formula is C46H45FN4O5.